The third-order valence-electron chi connectivity index (χ3n) is 3.89. The van der Waals surface area contributed by atoms with Gasteiger partial charge >= 0.3 is 0 Å². The first-order valence-corrected chi connectivity index (χ1v) is 8.60. The summed E-state index contributed by atoms with van der Waals surface area (Å²) in [4.78, 5) is 34.0. The molecular weight excluding hydrogens is 374 g/mol. The molecule has 0 saturated heterocycles. The molecule has 9 nitrogen and oxygen atoms in total. The number of amides is 2. The fourth-order valence-corrected chi connectivity index (χ4v) is 2.49. The molecule has 0 atom stereocenters. The van der Waals surface area contributed by atoms with Gasteiger partial charge in [0.2, 0.25) is 0 Å². The average Bonchev–Trinajstić information content (AvgIpc) is 3.18. The second-order valence-corrected chi connectivity index (χ2v) is 6.04. The molecule has 0 aliphatic rings. The van der Waals surface area contributed by atoms with E-state index in [9.17, 15) is 19.7 Å². The van der Waals surface area contributed by atoms with Gasteiger partial charge in [-0.3, -0.25) is 35.2 Å². The van der Waals surface area contributed by atoms with Crippen molar-refractivity contribution in [1.82, 2.24) is 20.6 Å². The summed E-state index contributed by atoms with van der Waals surface area (Å²) in [7, 11) is 0. The van der Waals surface area contributed by atoms with Crippen molar-refractivity contribution >= 4 is 23.6 Å². The molecule has 0 bridgehead atoms. The average molecular weight is 391 g/mol. The number of hydrazine groups is 1. The largest absolute Gasteiger partial charge is 0.270 e. The van der Waals surface area contributed by atoms with Crippen LogP contribution < -0.4 is 10.9 Å². The fraction of sp³-hybridized carbons (Fsp3) is 0.0500. The van der Waals surface area contributed by atoms with E-state index in [1.807, 2.05) is 30.3 Å². The summed E-state index contributed by atoms with van der Waals surface area (Å²) in [5.41, 5.74) is 6.11. The number of nitro groups is 1. The van der Waals surface area contributed by atoms with Crippen molar-refractivity contribution in [2.75, 3.05) is 0 Å². The number of hydrogen-bond donors (Lipinski definition) is 2. The van der Waals surface area contributed by atoms with Crippen LogP contribution in [0.15, 0.2) is 73.1 Å². The Bertz CT molecular complexity index is 1060. The predicted molar refractivity (Wildman–Crippen MR) is 106 cm³/mol. The van der Waals surface area contributed by atoms with Crippen molar-refractivity contribution in [3.63, 3.8) is 0 Å². The van der Waals surface area contributed by atoms with Crippen LogP contribution in [0.1, 0.15) is 21.5 Å². The van der Waals surface area contributed by atoms with Gasteiger partial charge in [0.25, 0.3) is 17.5 Å². The molecular formula is C20H17N5O4. The number of carbonyl (C=O) groups excluding carboxylic acids is 2. The van der Waals surface area contributed by atoms with Crippen molar-refractivity contribution in [2.45, 2.75) is 6.54 Å². The number of nitrogens with zero attached hydrogens (tertiary/aromatic N) is 3. The van der Waals surface area contributed by atoms with Gasteiger partial charge in [0, 0.05) is 35.5 Å². The molecule has 3 aromatic rings. The van der Waals surface area contributed by atoms with E-state index in [1.54, 1.807) is 23.2 Å². The van der Waals surface area contributed by atoms with Gasteiger partial charge in [-0.05, 0) is 17.7 Å². The highest BCUT2D eigenvalue weighted by atomic mass is 16.6. The van der Waals surface area contributed by atoms with Gasteiger partial charge < -0.3 is 0 Å². The number of hydrogen-bond acceptors (Lipinski definition) is 5. The van der Waals surface area contributed by atoms with E-state index in [-0.39, 0.29) is 11.3 Å². The minimum absolute atomic E-state index is 0.0608. The highest BCUT2D eigenvalue weighted by Gasteiger charge is 2.11. The number of nitrogens with one attached hydrogen (secondary N) is 2. The molecule has 0 unspecified atom stereocenters. The highest BCUT2D eigenvalue weighted by Crippen LogP contribution is 2.12. The number of benzene rings is 2. The Hall–Kier alpha value is -4.27. The Labute approximate surface area is 165 Å². The number of carbonyl (C=O) groups is 2. The summed E-state index contributed by atoms with van der Waals surface area (Å²) in [6.45, 7) is 0.611. The van der Waals surface area contributed by atoms with Crippen LogP contribution in [0.3, 0.4) is 0 Å². The van der Waals surface area contributed by atoms with Crippen LogP contribution in [-0.2, 0) is 11.3 Å². The maximum Gasteiger partial charge on any atom is 0.270 e. The molecule has 9 heteroatoms. The lowest BCUT2D eigenvalue weighted by molar-refractivity contribution is -0.384. The van der Waals surface area contributed by atoms with Crippen molar-refractivity contribution in [3.05, 3.63) is 99.9 Å². The third-order valence-corrected chi connectivity index (χ3v) is 3.89. The third kappa shape index (κ3) is 5.60. The Morgan fingerprint density at radius 1 is 1.10 bits per heavy atom. The summed E-state index contributed by atoms with van der Waals surface area (Å²) < 4.78 is 1.75. The van der Waals surface area contributed by atoms with Gasteiger partial charge in [0.05, 0.1) is 17.7 Å². The number of nitro benzene ring substituents is 1. The van der Waals surface area contributed by atoms with Crippen LogP contribution in [0.25, 0.3) is 6.08 Å². The maximum absolute atomic E-state index is 12.0. The fourth-order valence-electron chi connectivity index (χ4n) is 2.49. The van der Waals surface area contributed by atoms with Crippen LogP contribution in [-0.4, -0.2) is 26.5 Å². The lowest BCUT2D eigenvalue weighted by Gasteiger charge is -2.05. The SMILES string of the molecule is O=C(/C=C/c1cnn(Cc2ccccc2)c1)NNC(=O)c1cccc([N+](=O)[O-])c1. The van der Waals surface area contributed by atoms with Gasteiger partial charge in [-0.1, -0.05) is 36.4 Å². The van der Waals surface area contributed by atoms with Crippen molar-refractivity contribution in [2.24, 2.45) is 0 Å². The normalized spacial score (nSPS) is 10.6. The lowest BCUT2D eigenvalue weighted by atomic mass is 10.2. The molecule has 146 valence electrons. The zero-order chi connectivity index (χ0) is 20.6. The van der Waals surface area contributed by atoms with Crippen LogP contribution >= 0.6 is 0 Å². The zero-order valence-corrected chi connectivity index (χ0v) is 15.2. The van der Waals surface area contributed by atoms with E-state index in [1.165, 1.54) is 24.3 Å². The van der Waals surface area contributed by atoms with Gasteiger partial charge in [-0.25, -0.2) is 0 Å². The first kappa shape index (κ1) is 19.5. The quantitative estimate of drug-likeness (QED) is 0.380. The smallest absolute Gasteiger partial charge is 0.268 e. The van der Waals surface area contributed by atoms with Gasteiger partial charge in [-0.15, -0.1) is 0 Å². The molecule has 0 fully saturated rings. The summed E-state index contributed by atoms with van der Waals surface area (Å²) in [5, 5.41) is 15.0. The molecule has 2 N–H and O–H groups in total. The Kier molecular flexibility index (Phi) is 6.11. The van der Waals surface area contributed by atoms with E-state index in [0.29, 0.717) is 6.54 Å². The second kappa shape index (κ2) is 9.09. The standard InChI is InChI=1S/C20H17N5O4/c26-19(22-23-20(27)17-7-4-8-18(11-17)25(28)29)10-9-16-12-21-24(14-16)13-15-5-2-1-3-6-15/h1-12,14H,13H2,(H,22,26)(H,23,27)/b10-9+. The molecule has 0 aliphatic carbocycles. The van der Waals surface area contributed by atoms with Crippen LogP contribution in [0.5, 0.6) is 0 Å². The number of non-ortho nitro benzene ring substituents is 1. The molecule has 0 saturated carbocycles. The van der Waals surface area contributed by atoms with Crippen molar-refractivity contribution in [3.8, 4) is 0 Å². The minimum Gasteiger partial charge on any atom is -0.268 e. The minimum atomic E-state index is -0.661. The van der Waals surface area contributed by atoms with Crippen LogP contribution in [0.2, 0.25) is 0 Å². The van der Waals surface area contributed by atoms with Crippen LogP contribution in [0.4, 0.5) is 5.69 Å². The predicted octanol–water partition coefficient (Wildman–Crippen LogP) is 2.31. The molecule has 3 rings (SSSR count). The van der Waals surface area contributed by atoms with Crippen molar-refractivity contribution in [1.29, 1.82) is 0 Å². The molecule has 0 aliphatic heterocycles. The number of aromatic nitrogens is 2. The van der Waals surface area contributed by atoms with Crippen LogP contribution in [0, 0.1) is 10.1 Å². The van der Waals surface area contributed by atoms with Gasteiger partial charge in [0.1, 0.15) is 0 Å². The number of rotatable bonds is 6. The zero-order valence-electron chi connectivity index (χ0n) is 15.2. The molecule has 29 heavy (non-hydrogen) atoms. The molecule has 0 spiro atoms. The molecule has 2 amide bonds. The van der Waals surface area contributed by atoms with E-state index in [2.05, 4.69) is 16.0 Å². The maximum atomic E-state index is 12.0. The highest BCUT2D eigenvalue weighted by molar-refractivity contribution is 5.98. The summed E-state index contributed by atoms with van der Waals surface area (Å²) in [6, 6.07) is 15.0. The molecule has 0 radical (unpaired) electrons. The summed E-state index contributed by atoms with van der Waals surface area (Å²) in [5.74, 6) is -1.22. The van der Waals surface area contributed by atoms with E-state index >= 15 is 0 Å². The molecule has 1 aromatic heterocycles. The topological polar surface area (TPSA) is 119 Å². The second-order valence-electron chi connectivity index (χ2n) is 6.04. The van der Waals surface area contributed by atoms with Gasteiger partial charge in [0.15, 0.2) is 0 Å². The van der Waals surface area contributed by atoms with Gasteiger partial charge in [-0.2, -0.15) is 5.10 Å². The summed E-state index contributed by atoms with van der Waals surface area (Å²) >= 11 is 0. The van der Waals surface area contributed by atoms with E-state index in [0.717, 1.165) is 17.2 Å². The first-order chi connectivity index (χ1) is 14.0. The Balaban J connectivity index is 1.52. The lowest BCUT2D eigenvalue weighted by Crippen LogP contribution is -2.40. The van der Waals surface area contributed by atoms with E-state index in [4.69, 9.17) is 0 Å². The molecule has 2 aromatic carbocycles. The first-order valence-electron chi connectivity index (χ1n) is 8.60. The Morgan fingerprint density at radius 3 is 2.66 bits per heavy atom. The van der Waals surface area contributed by atoms with E-state index < -0.39 is 16.7 Å². The van der Waals surface area contributed by atoms with Crippen molar-refractivity contribution < 1.29 is 14.5 Å². The molecule has 1 heterocycles. The monoisotopic (exact) mass is 391 g/mol. The summed E-state index contributed by atoms with van der Waals surface area (Å²) in [6.07, 6.45) is 6.22. The Morgan fingerprint density at radius 2 is 1.90 bits per heavy atom.